The Morgan fingerprint density at radius 2 is 2.29 bits per heavy atom. The number of rotatable bonds is 1. The highest BCUT2D eigenvalue weighted by molar-refractivity contribution is 7.44. The Hall–Kier alpha value is -0.410. The molecule has 2 nitrogen and oxygen atoms in total. The number of hydrogen-bond acceptors (Lipinski definition) is 2. The second kappa shape index (κ2) is 2.71. The highest BCUT2D eigenvalue weighted by atomic mass is 31.1. The summed E-state index contributed by atoms with van der Waals surface area (Å²) in [6, 6.07) is 1.88. The van der Waals surface area contributed by atoms with E-state index >= 15 is 0 Å². The van der Waals surface area contributed by atoms with E-state index in [-0.39, 0.29) is 5.66 Å². The van der Waals surface area contributed by atoms with E-state index in [9.17, 15) is 4.57 Å². The van der Waals surface area contributed by atoms with Crippen LogP contribution in [0.3, 0.4) is 0 Å². The number of nitrogens with zero attached hydrogens (tertiary/aromatic N) is 1. The molecule has 0 N–H and O–H groups in total. The van der Waals surface area contributed by atoms with Crippen molar-refractivity contribution in [1.82, 2.24) is 0 Å². The van der Waals surface area contributed by atoms with Crippen molar-refractivity contribution < 1.29 is 4.57 Å². The molecule has 0 aromatic carbocycles. The normalized spacial score (nSPS) is 14.7. The molecule has 2 atom stereocenters. The van der Waals surface area contributed by atoms with Crippen LogP contribution in [0, 0.1) is 11.3 Å². The van der Waals surface area contributed by atoms with Gasteiger partial charge in [0.25, 0.3) is 0 Å². The summed E-state index contributed by atoms with van der Waals surface area (Å²) in [5, 5.41) is 8.07. The van der Waals surface area contributed by atoms with Crippen molar-refractivity contribution in [2.24, 2.45) is 0 Å². The van der Waals surface area contributed by atoms with Gasteiger partial charge in [-0.15, -0.1) is 0 Å². The van der Waals surface area contributed by atoms with Crippen molar-refractivity contribution in [3.8, 4) is 6.07 Å². The van der Waals surface area contributed by atoms with Gasteiger partial charge in [-0.25, -0.2) is 0 Å². The summed E-state index contributed by atoms with van der Waals surface area (Å²) in [5.41, 5.74) is -0.282. The van der Waals surface area contributed by atoms with Gasteiger partial charge in [0.15, 0.2) is 0 Å². The van der Waals surface area contributed by atoms with Gasteiger partial charge in [0.1, 0.15) is 12.7 Å². The van der Waals surface area contributed by atoms with Crippen LogP contribution in [0.15, 0.2) is 0 Å². The first-order valence-corrected chi connectivity index (χ1v) is 3.75. The van der Waals surface area contributed by atoms with Crippen LogP contribution in [-0.2, 0) is 4.57 Å². The van der Waals surface area contributed by atoms with E-state index in [2.05, 4.69) is 0 Å². The molecule has 0 aliphatic heterocycles. The molecular weight excluding hydrogens is 109 g/mol. The Labute approximate surface area is 43.9 Å². The van der Waals surface area contributed by atoms with Gasteiger partial charge in [-0.1, -0.05) is 4.57 Å². The van der Waals surface area contributed by atoms with E-state index in [4.69, 9.17) is 5.26 Å². The first-order chi connectivity index (χ1) is 3.18. The summed E-state index contributed by atoms with van der Waals surface area (Å²) < 4.78 is 10.3. The maximum absolute atomic E-state index is 10.3. The Balaban J connectivity index is 3.63. The van der Waals surface area contributed by atoms with Crippen LogP contribution in [0.1, 0.15) is 6.92 Å². The lowest BCUT2D eigenvalue weighted by Gasteiger charge is -1.74. The van der Waals surface area contributed by atoms with Gasteiger partial charge in [-0.2, -0.15) is 5.26 Å². The topological polar surface area (TPSA) is 40.9 Å². The molecule has 0 aliphatic rings. The van der Waals surface area contributed by atoms with Crippen molar-refractivity contribution in [1.29, 1.82) is 5.26 Å². The minimum atomic E-state index is -1.27. The second-order valence-corrected chi connectivity index (χ2v) is 3.22. The maximum Gasteiger partial charge on any atom is 0.353 e. The minimum Gasteiger partial charge on any atom is -0.193 e. The highest BCUT2D eigenvalue weighted by Gasteiger charge is 2.16. The zero-order valence-electron chi connectivity index (χ0n) is 4.38. The Morgan fingerprint density at radius 1 is 1.86 bits per heavy atom. The average Bonchev–Trinajstić information content (AvgIpc) is 1.65. The third-order valence-corrected chi connectivity index (χ3v) is 1.94. The summed E-state index contributed by atoms with van der Waals surface area (Å²) in [6.07, 6.45) is 0. The molecule has 2 unspecified atom stereocenters. The predicted octanol–water partition coefficient (Wildman–Crippen LogP) is 1.36. The summed E-state index contributed by atoms with van der Waals surface area (Å²) in [7, 11) is -1.27. The molecule has 38 valence electrons. The molecule has 0 radical (unpaired) electrons. The van der Waals surface area contributed by atoms with Crippen LogP contribution in [0.2, 0.25) is 0 Å². The second-order valence-electron chi connectivity index (χ2n) is 1.35. The van der Waals surface area contributed by atoms with Gasteiger partial charge < -0.3 is 0 Å². The Kier molecular flexibility index (Phi) is 2.55. The van der Waals surface area contributed by atoms with Crippen LogP contribution >= 0.6 is 7.80 Å². The van der Waals surface area contributed by atoms with Crippen molar-refractivity contribution in [3.05, 3.63) is 0 Å². The van der Waals surface area contributed by atoms with Crippen LogP contribution in [0.5, 0.6) is 0 Å². The maximum atomic E-state index is 10.3. The third-order valence-electron chi connectivity index (χ3n) is 0.732. The average molecular weight is 116 g/mol. The van der Waals surface area contributed by atoms with Crippen LogP contribution < -0.4 is 0 Å². The molecule has 0 saturated heterocycles. The van der Waals surface area contributed by atoms with Crippen molar-refractivity contribution in [2.45, 2.75) is 12.6 Å². The van der Waals surface area contributed by atoms with Gasteiger partial charge in [-0.3, -0.25) is 0 Å². The summed E-state index contributed by atoms with van der Waals surface area (Å²) in [5.74, 6) is 0. The lowest BCUT2D eigenvalue weighted by atomic mass is 10.5. The monoisotopic (exact) mass is 116 g/mol. The van der Waals surface area contributed by atoms with E-state index in [1.165, 1.54) is 0 Å². The van der Waals surface area contributed by atoms with Gasteiger partial charge in [0, 0.05) is 0 Å². The number of nitriles is 1. The quantitative estimate of drug-likeness (QED) is 0.485. The first kappa shape index (κ1) is 6.59. The standard InChI is InChI=1S/C4H7NOP/c1-4(3-5)7(2)6/h4H,1-2H3/q+1. The lowest BCUT2D eigenvalue weighted by molar-refractivity contribution is 0.589. The van der Waals surface area contributed by atoms with Gasteiger partial charge >= 0.3 is 7.80 Å². The fraction of sp³-hybridized carbons (Fsp3) is 0.750. The first-order valence-electron chi connectivity index (χ1n) is 1.98. The van der Waals surface area contributed by atoms with Gasteiger partial charge in [0.2, 0.25) is 5.66 Å². The van der Waals surface area contributed by atoms with E-state index in [0.29, 0.717) is 0 Å². The zero-order valence-corrected chi connectivity index (χ0v) is 5.27. The summed E-state index contributed by atoms with van der Waals surface area (Å²) >= 11 is 0. The molecule has 0 aromatic heterocycles. The van der Waals surface area contributed by atoms with Crippen LogP contribution in [-0.4, -0.2) is 12.3 Å². The van der Waals surface area contributed by atoms with Crippen molar-refractivity contribution in [3.63, 3.8) is 0 Å². The van der Waals surface area contributed by atoms with E-state index in [1.807, 2.05) is 6.07 Å². The molecule has 3 heteroatoms. The van der Waals surface area contributed by atoms with E-state index in [1.54, 1.807) is 13.6 Å². The van der Waals surface area contributed by atoms with Crippen LogP contribution in [0.4, 0.5) is 0 Å². The molecule has 7 heavy (non-hydrogen) atoms. The molecular formula is C4H7NOP+. The summed E-state index contributed by atoms with van der Waals surface area (Å²) in [6.45, 7) is 3.21. The molecule has 0 aromatic rings. The molecule has 0 fully saturated rings. The van der Waals surface area contributed by atoms with Crippen LogP contribution in [0.25, 0.3) is 0 Å². The lowest BCUT2D eigenvalue weighted by Crippen LogP contribution is -1.85. The fourth-order valence-corrected chi connectivity index (χ4v) is 0.244. The highest BCUT2D eigenvalue weighted by Crippen LogP contribution is 2.20. The Morgan fingerprint density at radius 3 is 2.29 bits per heavy atom. The smallest absolute Gasteiger partial charge is 0.193 e. The molecule has 0 amide bonds. The van der Waals surface area contributed by atoms with Crippen molar-refractivity contribution in [2.75, 3.05) is 6.66 Å². The van der Waals surface area contributed by atoms with Gasteiger partial charge in [0.05, 0.1) is 0 Å². The third kappa shape index (κ3) is 2.31. The largest absolute Gasteiger partial charge is 0.353 e. The van der Waals surface area contributed by atoms with E-state index < -0.39 is 7.80 Å². The Bertz CT molecular complexity index is 115. The zero-order chi connectivity index (χ0) is 5.86. The predicted molar refractivity (Wildman–Crippen MR) is 28.6 cm³/mol. The molecule has 0 spiro atoms. The minimum absolute atomic E-state index is 0.282. The molecule has 0 heterocycles. The molecule has 0 bridgehead atoms. The molecule has 0 rings (SSSR count). The SMILES string of the molecule is CC(C#N)[P+](C)=O. The number of hydrogen-bond donors (Lipinski definition) is 0. The van der Waals surface area contributed by atoms with E-state index in [0.717, 1.165) is 0 Å². The molecule has 0 saturated carbocycles. The fourth-order valence-electron chi connectivity index (χ4n) is 0.0813. The summed E-state index contributed by atoms with van der Waals surface area (Å²) in [4.78, 5) is 0. The molecule has 0 aliphatic carbocycles. The van der Waals surface area contributed by atoms with Crippen molar-refractivity contribution >= 4 is 7.80 Å². The van der Waals surface area contributed by atoms with Gasteiger partial charge in [-0.05, 0) is 6.92 Å².